The Morgan fingerprint density at radius 3 is 1.07 bits per heavy atom. The Bertz CT molecular complexity index is 4370. The van der Waals surface area contributed by atoms with Crippen molar-refractivity contribution in [3.63, 3.8) is 0 Å². The number of amides is 4. The van der Waals surface area contributed by atoms with E-state index in [0.29, 0.717) is 115 Å². The summed E-state index contributed by atoms with van der Waals surface area (Å²) in [5.41, 5.74) is 11.1. The van der Waals surface area contributed by atoms with Crippen LogP contribution in [0.2, 0.25) is 0 Å². The average Bonchev–Trinajstić information content (AvgIpc) is 0.852. The van der Waals surface area contributed by atoms with Crippen molar-refractivity contribution >= 4 is 69.1 Å². The van der Waals surface area contributed by atoms with E-state index in [-0.39, 0.29) is 70.1 Å². The van der Waals surface area contributed by atoms with Crippen LogP contribution in [0.15, 0.2) is 189 Å². The van der Waals surface area contributed by atoms with E-state index in [4.69, 9.17) is 28.4 Å². The summed E-state index contributed by atoms with van der Waals surface area (Å²) in [5, 5.41) is 13.9. The normalized spacial score (nSPS) is 11.5. The number of benzene rings is 7. The molecular formula is C86H127N7O19S4. The number of ether oxygens (including phenoxy) is 6. The third-order valence-electron chi connectivity index (χ3n) is 15.7. The minimum absolute atomic E-state index is 0.00979. The highest BCUT2D eigenvalue weighted by Gasteiger charge is 2.19. The Balaban J connectivity index is 0.000000702. The van der Waals surface area contributed by atoms with E-state index in [1.807, 2.05) is 111 Å². The largest absolute Gasteiger partial charge is 0.379 e. The lowest BCUT2D eigenvalue weighted by molar-refractivity contribution is -0.120. The Hall–Kier alpha value is -8.47. The lowest BCUT2D eigenvalue weighted by atomic mass is 10.1. The highest BCUT2D eigenvalue weighted by atomic mass is 32.2. The van der Waals surface area contributed by atoms with E-state index in [9.17, 15) is 57.6 Å². The first-order chi connectivity index (χ1) is 54.7. The second kappa shape index (κ2) is 60.1. The summed E-state index contributed by atoms with van der Waals surface area (Å²) in [4.78, 5) is 54.7. The molecular weight excluding hydrogens is 1560 g/mol. The molecule has 30 heteroatoms. The summed E-state index contributed by atoms with van der Waals surface area (Å²) in [5.74, 6) is -0.159. The van der Waals surface area contributed by atoms with Gasteiger partial charge in [-0.2, -0.15) is 0 Å². The zero-order valence-electron chi connectivity index (χ0n) is 70.6. The Morgan fingerprint density at radius 2 is 0.672 bits per heavy atom. The predicted octanol–water partition coefficient (Wildman–Crippen LogP) is 10.6. The number of sulfonamides is 2. The van der Waals surface area contributed by atoms with Gasteiger partial charge in [0.05, 0.1) is 91.4 Å². The molecule has 2 atom stereocenters. The van der Waals surface area contributed by atoms with E-state index in [1.165, 1.54) is 56.2 Å². The fourth-order valence-corrected chi connectivity index (χ4v) is 13.7. The van der Waals surface area contributed by atoms with Crippen LogP contribution in [0.3, 0.4) is 0 Å². The lowest BCUT2D eigenvalue weighted by Gasteiger charge is -2.14. The van der Waals surface area contributed by atoms with Crippen LogP contribution in [0.4, 0.5) is 0 Å². The molecule has 26 nitrogen and oxygen atoms in total. The first-order valence-corrected chi connectivity index (χ1v) is 44.7. The standard InChI is InChI=1S/C19H32N2O6S.C18H29NO5S.C13H20N2O4S.C10H13NO.C9H13N.C9H10O.C8H10O2S/c1-17-5-7-19(8-6-17)28(23,24)21-10-4-12-26-14-16-27-15-13-25-11-3-9-20-18(2)22;1-14-5-7-18(8-6-14)25(21,22)13-15(2)11-23-9-10-24-12-16(3)19-17(4)20;1-11-3-5-13(6-4-11)20(17,18)15-8-10-19-9-7-14-12(2)16;1-8-3-5-10(6-4-8)7-11-9(2)12;1-8-3-5-9(6-4-8)7-10-2;1-7-3-5-9(6-4-7)8(2)10;1-7-3-5-8(6-4-7)11(2,9)10/h5-8,21H,3-4,9-16H2,1-2H3,(H,20,22);5-8,15-16H,9-13H2,1-4H3,(H,19,20);3-6,15H,7-10H2,1-2H3,(H,14,16);3-6H,7H2,1-2H3,(H,11,12);3-6,10H,7H2,1-2H3;3-6H,1-2H3;3-6H,1-2H3. The van der Waals surface area contributed by atoms with Crippen LogP contribution >= 0.6 is 0 Å². The maximum Gasteiger partial charge on any atom is 0.240 e. The third kappa shape index (κ3) is 54.4. The molecule has 7 rings (SSSR count). The Labute approximate surface area is 691 Å². The molecule has 0 aliphatic heterocycles. The number of nitrogens with one attached hydrogen (secondary N) is 7. The topological polar surface area (TPSA) is 361 Å². The van der Waals surface area contributed by atoms with E-state index >= 15 is 0 Å². The van der Waals surface area contributed by atoms with Crippen molar-refractivity contribution in [1.29, 1.82) is 0 Å². The molecule has 7 aromatic carbocycles. The zero-order valence-corrected chi connectivity index (χ0v) is 73.8. The van der Waals surface area contributed by atoms with Gasteiger partial charge in [0.15, 0.2) is 25.5 Å². The molecule has 644 valence electrons. The number of ketones is 1. The van der Waals surface area contributed by atoms with Crippen molar-refractivity contribution in [1.82, 2.24) is 36.0 Å². The summed E-state index contributed by atoms with van der Waals surface area (Å²) in [7, 11) is -11.3. The van der Waals surface area contributed by atoms with Crippen LogP contribution < -0.4 is 36.0 Å². The molecule has 0 saturated carbocycles. The molecule has 0 saturated heterocycles. The van der Waals surface area contributed by atoms with Gasteiger partial charge in [0, 0.05) is 98.0 Å². The molecule has 7 aromatic rings. The van der Waals surface area contributed by atoms with Gasteiger partial charge in [-0.05, 0) is 148 Å². The molecule has 0 fully saturated rings. The van der Waals surface area contributed by atoms with Crippen LogP contribution in [0.1, 0.15) is 122 Å². The summed E-state index contributed by atoms with van der Waals surface area (Å²) < 4.78 is 132. The maximum absolute atomic E-state index is 12.3. The van der Waals surface area contributed by atoms with Crippen molar-refractivity contribution < 1.29 is 86.1 Å². The van der Waals surface area contributed by atoms with Crippen LogP contribution in [0, 0.1) is 54.4 Å². The van der Waals surface area contributed by atoms with Gasteiger partial charge in [0.1, 0.15) is 0 Å². The van der Waals surface area contributed by atoms with Crippen molar-refractivity contribution in [2.45, 2.75) is 148 Å². The van der Waals surface area contributed by atoms with Gasteiger partial charge in [0.2, 0.25) is 43.7 Å². The number of carbonyl (C=O) groups is 5. The first-order valence-electron chi connectivity index (χ1n) is 38.2. The van der Waals surface area contributed by atoms with Crippen molar-refractivity contribution in [3.8, 4) is 0 Å². The first kappa shape index (κ1) is 106. The molecule has 0 heterocycles. The summed E-state index contributed by atoms with van der Waals surface area (Å²) in [6, 6.07) is 51.2. The summed E-state index contributed by atoms with van der Waals surface area (Å²) in [6.45, 7) is 33.2. The minimum atomic E-state index is -3.48. The molecule has 0 aliphatic rings. The average molecular weight is 1690 g/mol. The predicted molar refractivity (Wildman–Crippen MR) is 458 cm³/mol. The summed E-state index contributed by atoms with van der Waals surface area (Å²) >= 11 is 0. The molecule has 0 spiro atoms. The molecule has 0 aliphatic carbocycles. The van der Waals surface area contributed by atoms with Gasteiger partial charge in [-0.25, -0.2) is 43.1 Å². The molecule has 2 unspecified atom stereocenters. The van der Waals surface area contributed by atoms with Crippen LogP contribution in [0.5, 0.6) is 0 Å². The highest BCUT2D eigenvalue weighted by molar-refractivity contribution is 7.91. The van der Waals surface area contributed by atoms with E-state index in [2.05, 4.69) is 67.2 Å². The van der Waals surface area contributed by atoms with Gasteiger partial charge < -0.3 is 55.0 Å². The number of aryl methyl sites for hydroxylation is 7. The van der Waals surface area contributed by atoms with Crippen LogP contribution in [-0.4, -0.2) is 194 Å². The van der Waals surface area contributed by atoms with Crippen molar-refractivity contribution in [2.24, 2.45) is 5.92 Å². The second-order valence-corrected chi connectivity index (χ2v) is 35.0. The SMILES string of the molecule is CC(=O)NC(C)COCCOCC(C)CS(=O)(=O)c1ccc(C)cc1.CC(=O)NCCCOCCOCCOCCCNS(=O)(=O)c1ccc(C)cc1.CC(=O)NCCOCCNS(=O)(=O)c1ccc(C)cc1.CC(=O)NCc1ccc(C)cc1.CC(=O)c1ccc(C)cc1.CNCc1ccc(C)cc1.Cc1ccc(S(C)(=O)=O)cc1. The maximum atomic E-state index is 12.3. The van der Waals surface area contributed by atoms with E-state index < -0.39 is 39.7 Å². The monoisotopic (exact) mass is 1690 g/mol. The third-order valence-corrected chi connectivity index (χ3v) is 21.8. The molecule has 0 bridgehead atoms. The molecule has 4 amide bonds. The Kier molecular flexibility index (Phi) is 54.7. The van der Waals surface area contributed by atoms with Crippen molar-refractivity contribution in [2.75, 3.05) is 125 Å². The number of sulfone groups is 2. The number of rotatable bonds is 41. The van der Waals surface area contributed by atoms with Gasteiger partial charge in [-0.15, -0.1) is 0 Å². The molecule has 116 heavy (non-hydrogen) atoms. The highest BCUT2D eigenvalue weighted by Crippen LogP contribution is 2.17. The summed E-state index contributed by atoms with van der Waals surface area (Å²) in [6.07, 6.45) is 2.57. The fraction of sp³-hybridized carbons (Fsp3) is 0.453. The van der Waals surface area contributed by atoms with Crippen molar-refractivity contribution in [3.05, 3.63) is 225 Å². The zero-order chi connectivity index (χ0) is 87.0. The Morgan fingerprint density at radius 1 is 0.345 bits per heavy atom. The molecule has 7 N–H and O–H groups in total. The van der Waals surface area contributed by atoms with Gasteiger partial charge in [0.25, 0.3) is 0 Å². The van der Waals surface area contributed by atoms with Crippen LogP contribution in [0.25, 0.3) is 0 Å². The minimum Gasteiger partial charge on any atom is -0.379 e. The number of hydrogen-bond donors (Lipinski definition) is 7. The van der Waals surface area contributed by atoms with E-state index in [1.54, 1.807) is 104 Å². The fourth-order valence-electron chi connectivity index (χ4n) is 9.34. The quantitative estimate of drug-likeness (QED) is 0.0138. The smallest absolute Gasteiger partial charge is 0.240 e. The lowest BCUT2D eigenvalue weighted by Crippen LogP contribution is -2.34. The second-order valence-electron chi connectivity index (χ2n) is 27.4. The number of hydrogen-bond acceptors (Lipinski definition) is 20. The number of carbonyl (C=O) groups excluding carboxylic acids is 5. The molecule has 0 radical (unpaired) electrons. The number of Topliss-reactive ketones (excluding diaryl/α,β-unsaturated/α-hetero) is 1. The van der Waals surface area contributed by atoms with Crippen LogP contribution in [-0.2, 0) is 100 Å². The van der Waals surface area contributed by atoms with E-state index in [0.717, 1.165) is 46.3 Å². The van der Waals surface area contributed by atoms with Gasteiger partial charge in [-0.1, -0.05) is 167 Å². The van der Waals surface area contributed by atoms with Gasteiger partial charge in [-0.3, -0.25) is 24.0 Å². The van der Waals surface area contributed by atoms with Gasteiger partial charge >= 0.3 is 0 Å². The molecule has 0 aromatic heterocycles.